The van der Waals surface area contributed by atoms with Gasteiger partial charge in [-0.2, -0.15) is 11.8 Å². The van der Waals surface area contributed by atoms with Crippen molar-refractivity contribution in [2.75, 3.05) is 29.5 Å². The summed E-state index contributed by atoms with van der Waals surface area (Å²) in [5.41, 5.74) is 2.31. The molecule has 4 rings (SSSR count). The van der Waals surface area contributed by atoms with Gasteiger partial charge in [-0.1, -0.05) is 12.1 Å². The van der Waals surface area contributed by atoms with Crippen LogP contribution in [0.2, 0.25) is 0 Å². The number of benzene rings is 2. The Bertz CT molecular complexity index is 746. The van der Waals surface area contributed by atoms with Gasteiger partial charge in [0.15, 0.2) is 0 Å². The standard InChI is InChI=1S/C16H14N2O2S/c19-15-11-3-1-2-10-13(18-6-8-21-9-7-18)5-4-12(14(10)11)16(20)17-15/h1-5H,6-9H2,(H,17,19,20). The van der Waals surface area contributed by atoms with Crippen molar-refractivity contribution in [1.29, 1.82) is 0 Å². The largest absolute Gasteiger partial charge is 0.369 e. The maximum Gasteiger partial charge on any atom is 0.258 e. The summed E-state index contributed by atoms with van der Waals surface area (Å²) in [5.74, 6) is 1.62. The van der Waals surface area contributed by atoms with E-state index in [-0.39, 0.29) is 11.8 Å². The monoisotopic (exact) mass is 298 g/mol. The van der Waals surface area contributed by atoms with Gasteiger partial charge in [0.05, 0.1) is 0 Å². The van der Waals surface area contributed by atoms with Crippen LogP contribution in [0, 0.1) is 0 Å². The van der Waals surface area contributed by atoms with E-state index < -0.39 is 0 Å². The van der Waals surface area contributed by atoms with Gasteiger partial charge < -0.3 is 4.90 Å². The van der Waals surface area contributed by atoms with Crippen molar-refractivity contribution in [3.8, 4) is 0 Å². The summed E-state index contributed by atoms with van der Waals surface area (Å²) in [6.45, 7) is 2.01. The van der Waals surface area contributed by atoms with Gasteiger partial charge in [0.1, 0.15) is 0 Å². The molecule has 0 radical (unpaired) electrons. The fraction of sp³-hybridized carbons (Fsp3) is 0.250. The molecule has 2 heterocycles. The quantitative estimate of drug-likeness (QED) is 0.821. The van der Waals surface area contributed by atoms with Crippen molar-refractivity contribution >= 4 is 40.0 Å². The molecule has 0 aromatic heterocycles. The van der Waals surface area contributed by atoms with Crippen LogP contribution in [-0.2, 0) is 0 Å². The molecule has 2 aliphatic heterocycles. The van der Waals surface area contributed by atoms with E-state index in [0.717, 1.165) is 41.1 Å². The van der Waals surface area contributed by atoms with Gasteiger partial charge in [-0.05, 0) is 18.2 Å². The summed E-state index contributed by atoms with van der Waals surface area (Å²) in [6.07, 6.45) is 0. The van der Waals surface area contributed by atoms with Crippen molar-refractivity contribution in [3.05, 3.63) is 41.5 Å². The second-order valence-electron chi connectivity index (χ2n) is 5.24. The Hall–Kier alpha value is -2.01. The van der Waals surface area contributed by atoms with E-state index in [9.17, 15) is 9.59 Å². The van der Waals surface area contributed by atoms with Crippen LogP contribution in [0.4, 0.5) is 5.69 Å². The summed E-state index contributed by atoms with van der Waals surface area (Å²) in [5, 5.41) is 4.19. The minimum absolute atomic E-state index is 0.301. The molecule has 0 unspecified atom stereocenters. The summed E-state index contributed by atoms with van der Waals surface area (Å²) >= 11 is 1.96. The molecule has 1 fully saturated rings. The van der Waals surface area contributed by atoms with Crippen LogP contribution in [0.15, 0.2) is 30.3 Å². The topological polar surface area (TPSA) is 49.4 Å². The normalized spacial score (nSPS) is 18.0. The molecular weight excluding hydrogens is 284 g/mol. The lowest BCUT2D eigenvalue weighted by molar-refractivity contribution is 0.0845. The van der Waals surface area contributed by atoms with E-state index in [2.05, 4.69) is 10.2 Å². The first-order valence-electron chi connectivity index (χ1n) is 7.00. The highest BCUT2D eigenvalue weighted by atomic mass is 32.2. The summed E-state index contributed by atoms with van der Waals surface area (Å²) in [7, 11) is 0. The SMILES string of the molecule is O=C1NC(=O)c2ccc(N3CCSCC3)c3cccc1c23. The number of hydrogen-bond donors (Lipinski definition) is 1. The average molecular weight is 298 g/mol. The van der Waals surface area contributed by atoms with E-state index in [1.807, 2.05) is 36.0 Å². The van der Waals surface area contributed by atoms with E-state index in [0.29, 0.717) is 11.1 Å². The lowest BCUT2D eigenvalue weighted by Crippen LogP contribution is -2.36. The zero-order chi connectivity index (χ0) is 14.4. The lowest BCUT2D eigenvalue weighted by atomic mass is 9.94. The molecule has 1 saturated heterocycles. The van der Waals surface area contributed by atoms with Crippen LogP contribution < -0.4 is 10.2 Å². The number of amides is 2. The van der Waals surface area contributed by atoms with E-state index in [1.165, 1.54) is 0 Å². The fourth-order valence-corrected chi connectivity index (χ4v) is 3.99. The van der Waals surface area contributed by atoms with Gasteiger partial charge in [0, 0.05) is 52.2 Å². The zero-order valence-corrected chi connectivity index (χ0v) is 12.2. The van der Waals surface area contributed by atoms with Crippen molar-refractivity contribution in [2.24, 2.45) is 0 Å². The van der Waals surface area contributed by atoms with Crippen LogP contribution in [0.25, 0.3) is 10.8 Å². The first-order chi connectivity index (χ1) is 10.3. The van der Waals surface area contributed by atoms with Crippen molar-refractivity contribution in [3.63, 3.8) is 0 Å². The molecule has 0 spiro atoms. The fourth-order valence-electron chi connectivity index (χ4n) is 3.09. The second-order valence-corrected chi connectivity index (χ2v) is 6.47. The number of imide groups is 1. The predicted octanol–water partition coefficient (Wildman–Crippen LogP) is 2.28. The zero-order valence-electron chi connectivity index (χ0n) is 11.4. The van der Waals surface area contributed by atoms with E-state index in [1.54, 1.807) is 6.07 Å². The number of anilines is 1. The highest BCUT2D eigenvalue weighted by Gasteiger charge is 2.26. The highest BCUT2D eigenvalue weighted by molar-refractivity contribution is 7.99. The van der Waals surface area contributed by atoms with Crippen LogP contribution in [0.3, 0.4) is 0 Å². The Morgan fingerprint density at radius 3 is 2.43 bits per heavy atom. The van der Waals surface area contributed by atoms with Crippen LogP contribution in [0.5, 0.6) is 0 Å². The number of nitrogens with zero attached hydrogens (tertiary/aromatic N) is 1. The third kappa shape index (κ3) is 1.92. The molecule has 21 heavy (non-hydrogen) atoms. The number of thioether (sulfide) groups is 1. The molecule has 1 N–H and O–H groups in total. The Labute approximate surface area is 126 Å². The van der Waals surface area contributed by atoms with Crippen LogP contribution >= 0.6 is 11.8 Å². The van der Waals surface area contributed by atoms with Crippen molar-refractivity contribution in [1.82, 2.24) is 5.32 Å². The summed E-state index contributed by atoms with van der Waals surface area (Å²) in [4.78, 5) is 26.4. The molecule has 0 aliphatic carbocycles. The first kappa shape index (κ1) is 12.7. The van der Waals surface area contributed by atoms with Crippen LogP contribution in [0.1, 0.15) is 20.7 Å². The third-order valence-corrected chi connectivity index (χ3v) is 5.03. The van der Waals surface area contributed by atoms with Crippen LogP contribution in [-0.4, -0.2) is 36.4 Å². The molecule has 2 aromatic carbocycles. The number of carbonyl (C=O) groups excluding carboxylic acids is 2. The predicted molar refractivity (Wildman–Crippen MR) is 85.3 cm³/mol. The number of rotatable bonds is 1. The molecular formula is C16H14N2O2S. The molecule has 0 saturated carbocycles. The van der Waals surface area contributed by atoms with Gasteiger partial charge in [0.25, 0.3) is 11.8 Å². The minimum atomic E-state index is -0.301. The average Bonchev–Trinajstić information content (AvgIpc) is 2.53. The molecule has 0 bridgehead atoms. The Morgan fingerprint density at radius 2 is 1.67 bits per heavy atom. The van der Waals surface area contributed by atoms with Gasteiger partial charge >= 0.3 is 0 Å². The smallest absolute Gasteiger partial charge is 0.258 e. The van der Waals surface area contributed by atoms with Crippen molar-refractivity contribution in [2.45, 2.75) is 0 Å². The molecule has 2 aromatic rings. The van der Waals surface area contributed by atoms with Gasteiger partial charge in [-0.3, -0.25) is 14.9 Å². The Morgan fingerprint density at radius 1 is 0.952 bits per heavy atom. The highest BCUT2D eigenvalue weighted by Crippen LogP contribution is 2.34. The molecule has 0 atom stereocenters. The second kappa shape index (κ2) is 4.77. The lowest BCUT2D eigenvalue weighted by Gasteiger charge is -2.30. The number of carbonyl (C=O) groups is 2. The Kier molecular flexibility index (Phi) is 2.89. The first-order valence-corrected chi connectivity index (χ1v) is 8.15. The summed E-state index contributed by atoms with van der Waals surface area (Å²) < 4.78 is 0. The molecule has 2 amide bonds. The van der Waals surface area contributed by atoms with Crippen molar-refractivity contribution < 1.29 is 9.59 Å². The van der Waals surface area contributed by atoms with Gasteiger partial charge in [-0.15, -0.1) is 0 Å². The number of hydrogen-bond acceptors (Lipinski definition) is 4. The minimum Gasteiger partial charge on any atom is -0.369 e. The maximum absolute atomic E-state index is 12.0. The third-order valence-electron chi connectivity index (χ3n) is 4.09. The molecule has 106 valence electrons. The molecule has 4 nitrogen and oxygen atoms in total. The van der Waals surface area contributed by atoms with E-state index >= 15 is 0 Å². The van der Waals surface area contributed by atoms with Gasteiger partial charge in [0.2, 0.25) is 0 Å². The summed E-state index contributed by atoms with van der Waals surface area (Å²) in [6, 6.07) is 9.52. The number of nitrogens with one attached hydrogen (secondary N) is 1. The Balaban J connectivity index is 1.98. The molecule has 2 aliphatic rings. The maximum atomic E-state index is 12.0. The van der Waals surface area contributed by atoms with E-state index in [4.69, 9.17) is 0 Å². The van der Waals surface area contributed by atoms with Gasteiger partial charge in [-0.25, -0.2) is 0 Å². The molecule has 5 heteroatoms.